The normalized spacial score (nSPS) is 34.3. The van der Waals surface area contributed by atoms with E-state index >= 15 is 9.59 Å². The molecule has 6 saturated heterocycles. The number of amides is 6. The third-order valence-electron chi connectivity index (χ3n) is 19.1. The molecule has 104 heavy (non-hydrogen) atoms. The molecule has 25 atom stereocenters. The minimum absolute atomic E-state index is 0.0682. The summed E-state index contributed by atoms with van der Waals surface area (Å²) >= 11 is 0. The SMILES string of the molecule is COc1ccc2cc(COC3C(OC4C(CO)OC(Oc5ccc(CC6NC(=O)C(C(C)c7ccccc7)NC(=O)CNC(=O)C(CO)NC(=O)C(C(O)C7CNC(=N)N7C7OC(CO)C(O)C(O)C7O)NC(=O)C(C(O)C7CNC(=N)N7)NC6=O)cc5)C(O)C4O)OC(CO)C(O)C3O)ccc2c1. The quantitative estimate of drug-likeness (QED) is 0.0368. The molecular formula is C66H88N12O26. The maximum atomic E-state index is 15.2. The molecule has 10 rings (SSSR count). The van der Waals surface area contributed by atoms with Gasteiger partial charge in [-0.2, -0.15) is 0 Å². The number of aliphatic hydroxyl groups excluding tert-OH is 13. The molecule has 6 amide bonds. The van der Waals surface area contributed by atoms with E-state index in [1.807, 2.05) is 24.3 Å². The summed E-state index contributed by atoms with van der Waals surface area (Å²) in [5.41, 5.74) is 1.33. The van der Waals surface area contributed by atoms with Gasteiger partial charge in [0.1, 0.15) is 127 Å². The van der Waals surface area contributed by atoms with Crippen LogP contribution in [0, 0.1) is 10.8 Å². The van der Waals surface area contributed by atoms with Crippen LogP contribution in [-0.2, 0) is 65.5 Å². The van der Waals surface area contributed by atoms with Gasteiger partial charge in [-0.3, -0.25) is 39.6 Å². The van der Waals surface area contributed by atoms with E-state index in [4.69, 9.17) is 44.0 Å². The predicted octanol–water partition coefficient (Wildman–Crippen LogP) is -9.81. The van der Waals surface area contributed by atoms with Crippen LogP contribution in [-0.4, -0.2) is 318 Å². The first-order chi connectivity index (χ1) is 49.7. The fourth-order valence-corrected chi connectivity index (χ4v) is 13.1. The highest BCUT2D eigenvalue weighted by Gasteiger charge is 2.55. The topological polar surface area (TPSA) is 589 Å². The summed E-state index contributed by atoms with van der Waals surface area (Å²) in [5.74, 6) is -8.67. The number of fused-ring (bicyclic) bond motifs is 1. The zero-order valence-corrected chi connectivity index (χ0v) is 56.0. The highest BCUT2D eigenvalue weighted by atomic mass is 16.7. The Hall–Kier alpha value is -8.62. The number of benzene rings is 4. The van der Waals surface area contributed by atoms with Crippen LogP contribution in [0.1, 0.15) is 29.5 Å². The summed E-state index contributed by atoms with van der Waals surface area (Å²) in [6, 6.07) is 11.6. The van der Waals surface area contributed by atoms with Gasteiger partial charge in [0.2, 0.25) is 41.7 Å². The molecule has 4 aromatic carbocycles. The van der Waals surface area contributed by atoms with Crippen LogP contribution in [0.4, 0.5) is 0 Å². The Balaban J connectivity index is 0.915. The molecule has 0 saturated carbocycles. The van der Waals surface area contributed by atoms with Crippen molar-refractivity contribution in [2.45, 2.75) is 172 Å². The Kier molecular flexibility index (Phi) is 25.9. The van der Waals surface area contributed by atoms with E-state index in [1.54, 1.807) is 49.4 Å². The molecule has 6 fully saturated rings. The highest BCUT2D eigenvalue weighted by molar-refractivity contribution is 5.98. The Morgan fingerprint density at radius 1 is 0.538 bits per heavy atom. The van der Waals surface area contributed by atoms with Crippen molar-refractivity contribution in [3.05, 3.63) is 108 Å². The van der Waals surface area contributed by atoms with Gasteiger partial charge in [-0.05, 0) is 57.8 Å². The molecule has 0 aliphatic carbocycles. The average Bonchev–Trinajstić information content (AvgIpc) is 1.60. The van der Waals surface area contributed by atoms with E-state index in [9.17, 15) is 85.6 Å². The molecular weight excluding hydrogens is 1380 g/mol. The second-order valence-electron chi connectivity index (χ2n) is 26.0. The van der Waals surface area contributed by atoms with Crippen LogP contribution in [0.3, 0.4) is 0 Å². The molecule has 6 aliphatic heterocycles. The molecule has 6 aliphatic rings. The Bertz CT molecular complexity index is 3670. The van der Waals surface area contributed by atoms with Crippen molar-refractivity contribution in [2.24, 2.45) is 0 Å². The molecule has 38 heteroatoms. The second-order valence-corrected chi connectivity index (χ2v) is 26.0. The lowest BCUT2D eigenvalue weighted by atomic mass is 9.92. The fourth-order valence-electron chi connectivity index (χ4n) is 13.1. The average molecular weight is 1470 g/mol. The first-order valence-electron chi connectivity index (χ1n) is 33.4. The Morgan fingerprint density at radius 3 is 1.81 bits per heavy atom. The number of hydrogen-bond donors (Lipinski definition) is 24. The Morgan fingerprint density at radius 2 is 1.13 bits per heavy atom. The smallest absolute Gasteiger partial charge is 0.246 e. The zero-order valence-electron chi connectivity index (χ0n) is 56.0. The van der Waals surface area contributed by atoms with Gasteiger partial charge in [0.15, 0.2) is 24.4 Å². The molecule has 24 N–H and O–H groups in total. The summed E-state index contributed by atoms with van der Waals surface area (Å²) in [5, 5.41) is 185. The third-order valence-corrected chi connectivity index (χ3v) is 19.1. The van der Waals surface area contributed by atoms with Gasteiger partial charge in [0, 0.05) is 25.4 Å². The molecule has 25 unspecified atom stereocenters. The lowest BCUT2D eigenvalue weighted by molar-refractivity contribution is -0.357. The van der Waals surface area contributed by atoms with Gasteiger partial charge in [-0.1, -0.05) is 67.6 Å². The van der Waals surface area contributed by atoms with Crippen molar-refractivity contribution < 1.29 is 128 Å². The standard InChI is InChI=1S/C66H88N12O26/c1-27(30-6-4-3-5-7-30)43-59(95)72-35(17-28-9-13-33(14-10-28)100-63-54(92)52(90)55(41(25-82)103-63)104-64-56(51(89)49(87)40(24-81)102-64)99-26-29-8-11-32-18-34(98-2)15-12-31(32)16-29)58(94)76-44(46(84)36-19-70-65(67)74-36)61(97)77-45(60(96)73-37(22-79)57(93)69-21-42(83)75-43)47(85)38-20-71-66(68)78(38)62-53(91)50(88)48(86)39(23-80)101-62/h3-16,18,27,35-41,43-56,62-64,79-82,84-92H,17,19-26H2,1-2H3,(H2,68,71)(H,69,93)(H,72,95)(H,73,96)(H,75,83)(H,76,94)(H,77,97)(H3,67,70,74). The number of ether oxygens (including phenoxy) is 7. The molecule has 4 aromatic rings. The molecule has 0 bridgehead atoms. The van der Waals surface area contributed by atoms with Crippen LogP contribution in [0.15, 0.2) is 91.0 Å². The summed E-state index contributed by atoms with van der Waals surface area (Å²) < 4.78 is 41.0. The van der Waals surface area contributed by atoms with Crippen LogP contribution in [0.2, 0.25) is 0 Å². The number of methoxy groups -OCH3 is 1. The van der Waals surface area contributed by atoms with Crippen molar-refractivity contribution in [3.63, 3.8) is 0 Å². The molecule has 568 valence electrons. The van der Waals surface area contributed by atoms with Crippen LogP contribution in [0.5, 0.6) is 11.5 Å². The van der Waals surface area contributed by atoms with Crippen molar-refractivity contribution in [3.8, 4) is 11.5 Å². The zero-order chi connectivity index (χ0) is 75.0. The van der Waals surface area contributed by atoms with Gasteiger partial charge < -0.3 is 152 Å². The first kappa shape index (κ1) is 78.0. The summed E-state index contributed by atoms with van der Waals surface area (Å²) in [6.07, 6.45) is -31.1. The van der Waals surface area contributed by atoms with E-state index in [1.165, 1.54) is 31.4 Å². The van der Waals surface area contributed by atoms with E-state index in [-0.39, 0.29) is 30.4 Å². The van der Waals surface area contributed by atoms with Gasteiger partial charge >= 0.3 is 0 Å². The van der Waals surface area contributed by atoms with Crippen molar-refractivity contribution in [1.82, 2.24) is 52.8 Å². The number of hydrogen-bond acceptors (Lipinski definition) is 28. The predicted molar refractivity (Wildman–Crippen MR) is 355 cm³/mol. The van der Waals surface area contributed by atoms with E-state index in [0.29, 0.717) is 16.9 Å². The lowest BCUT2D eigenvalue weighted by Crippen LogP contribution is -2.69. The molecule has 0 aromatic heterocycles. The number of guanidine groups is 2. The summed E-state index contributed by atoms with van der Waals surface area (Å²) in [4.78, 5) is 88.5. The van der Waals surface area contributed by atoms with Gasteiger partial charge in [0.25, 0.3) is 0 Å². The fraction of sp³-hybridized carbons (Fsp3) is 0.545. The second kappa shape index (κ2) is 34.5. The van der Waals surface area contributed by atoms with Crippen molar-refractivity contribution in [2.75, 3.05) is 53.2 Å². The van der Waals surface area contributed by atoms with Gasteiger partial charge in [0.05, 0.1) is 58.8 Å². The van der Waals surface area contributed by atoms with Crippen LogP contribution >= 0.6 is 0 Å². The van der Waals surface area contributed by atoms with E-state index in [2.05, 4.69) is 47.9 Å². The summed E-state index contributed by atoms with van der Waals surface area (Å²) in [6.45, 7) is -4.02. The largest absolute Gasteiger partial charge is 0.497 e. The van der Waals surface area contributed by atoms with Crippen LogP contribution in [0.25, 0.3) is 10.8 Å². The highest BCUT2D eigenvalue weighted by Crippen LogP contribution is 2.34. The maximum Gasteiger partial charge on any atom is 0.246 e. The minimum atomic E-state index is -2.37. The lowest BCUT2D eigenvalue weighted by Gasteiger charge is -2.46. The molecule has 0 spiro atoms. The molecule has 0 radical (unpaired) electrons. The Labute approximate surface area is 592 Å². The van der Waals surface area contributed by atoms with E-state index in [0.717, 1.165) is 15.7 Å². The molecule has 38 nitrogen and oxygen atoms in total. The van der Waals surface area contributed by atoms with Gasteiger partial charge in [-0.25, -0.2) is 0 Å². The minimum Gasteiger partial charge on any atom is -0.497 e. The van der Waals surface area contributed by atoms with Crippen molar-refractivity contribution >= 4 is 58.1 Å². The number of aliphatic hydroxyl groups is 13. The number of rotatable bonds is 21. The number of nitrogens with one attached hydrogen (secondary N) is 11. The van der Waals surface area contributed by atoms with Crippen LogP contribution < -0.4 is 57.3 Å². The number of carbonyl (C=O) groups is 6. The first-order valence-corrected chi connectivity index (χ1v) is 33.4. The van der Waals surface area contributed by atoms with E-state index < -0.39 is 240 Å². The number of carbonyl (C=O) groups excluding carboxylic acids is 6. The summed E-state index contributed by atoms with van der Waals surface area (Å²) in [7, 11) is 1.54. The maximum absolute atomic E-state index is 15.2. The van der Waals surface area contributed by atoms with Crippen molar-refractivity contribution in [1.29, 1.82) is 10.8 Å². The monoisotopic (exact) mass is 1460 g/mol. The molecule has 6 heterocycles. The van der Waals surface area contributed by atoms with Gasteiger partial charge in [-0.15, -0.1) is 0 Å². The third kappa shape index (κ3) is 17.5. The number of nitrogens with zero attached hydrogens (tertiary/aromatic N) is 1.